The number of thiophene rings is 1. The van der Waals surface area contributed by atoms with Crippen LogP contribution in [0.4, 0.5) is 4.79 Å². The van der Waals surface area contributed by atoms with E-state index >= 15 is 0 Å². The van der Waals surface area contributed by atoms with E-state index < -0.39 is 12.3 Å². The van der Waals surface area contributed by atoms with Crippen LogP contribution in [0, 0.1) is 0 Å². The van der Waals surface area contributed by atoms with Crippen LogP contribution in [-0.2, 0) is 0 Å². The Hall–Kier alpha value is -1.11. The lowest BCUT2D eigenvalue weighted by Gasteiger charge is -2.00. The summed E-state index contributed by atoms with van der Waals surface area (Å²) in [5, 5.41) is 33.3. The van der Waals surface area contributed by atoms with Gasteiger partial charge in [0.05, 0.1) is 6.61 Å². The molecule has 13 heavy (non-hydrogen) atoms. The highest BCUT2D eigenvalue weighted by Crippen LogP contribution is 2.17. The lowest BCUT2D eigenvalue weighted by atomic mass is 10.3. The molecule has 0 amide bonds. The Balaban J connectivity index is 0.000000310. The summed E-state index contributed by atoms with van der Waals surface area (Å²) in [6.45, 7) is -0.194. The molecule has 1 aromatic rings. The Morgan fingerprint density at radius 3 is 2.38 bits per heavy atom. The number of rotatable bonds is 2. The fourth-order valence-corrected chi connectivity index (χ4v) is 1.27. The van der Waals surface area contributed by atoms with E-state index in [1.165, 1.54) is 11.3 Å². The van der Waals surface area contributed by atoms with Crippen LogP contribution in [0.1, 0.15) is 11.0 Å². The Labute approximate surface area is 78.5 Å². The third kappa shape index (κ3) is 6.09. The number of hydrogen-bond acceptors (Lipinski definition) is 4. The molecular weight excluding hydrogens is 196 g/mol. The highest BCUT2D eigenvalue weighted by Gasteiger charge is 2.04. The second-order valence-electron chi connectivity index (χ2n) is 2.00. The molecule has 0 aromatic carbocycles. The lowest BCUT2D eigenvalue weighted by Crippen LogP contribution is -1.98. The molecule has 5 nitrogen and oxygen atoms in total. The third-order valence-electron chi connectivity index (χ3n) is 1.04. The minimum absolute atomic E-state index is 0.194. The summed E-state index contributed by atoms with van der Waals surface area (Å²) in [5.74, 6) is 0. The number of hydrogen-bond donors (Lipinski definition) is 4. The topological polar surface area (TPSA) is 98.0 Å². The molecule has 0 aliphatic carbocycles. The maximum atomic E-state index is 8.98. The SMILES string of the molecule is O=C(O)O.OCC(O)c1cccs1. The van der Waals surface area contributed by atoms with Crippen LogP contribution in [0.5, 0.6) is 0 Å². The van der Waals surface area contributed by atoms with E-state index in [0.717, 1.165) is 4.88 Å². The van der Waals surface area contributed by atoms with Gasteiger partial charge in [-0.1, -0.05) is 6.07 Å². The molecule has 0 spiro atoms. The standard InChI is InChI=1S/C6H8O2S.CH2O3/c7-4-5(8)6-2-1-3-9-6;2-1(3)4/h1-3,5,7-8H,4H2;(H2,2,3,4). The van der Waals surface area contributed by atoms with Crippen molar-refractivity contribution in [3.8, 4) is 0 Å². The van der Waals surface area contributed by atoms with Gasteiger partial charge >= 0.3 is 6.16 Å². The molecule has 1 unspecified atom stereocenters. The first-order valence-electron chi connectivity index (χ1n) is 3.32. The molecule has 6 heteroatoms. The van der Waals surface area contributed by atoms with Gasteiger partial charge in [-0.05, 0) is 11.4 Å². The summed E-state index contributed by atoms with van der Waals surface area (Å²) in [4.78, 5) is 9.37. The number of carbonyl (C=O) groups is 1. The Kier molecular flexibility index (Phi) is 5.86. The minimum Gasteiger partial charge on any atom is -0.450 e. The van der Waals surface area contributed by atoms with Crippen LogP contribution in [0.25, 0.3) is 0 Å². The van der Waals surface area contributed by atoms with Crippen molar-refractivity contribution in [2.24, 2.45) is 0 Å². The summed E-state index contributed by atoms with van der Waals surface area (Å²) in [5.41, 5.74) is 0. The smallest absolute Gasteiger partial charge is 0.450 e. The van der Waals surface area contributed by atoms with Crippen molar-refractivity contribution >= 4 is 17.5 Å². The van der Waals surface area contributed by atoms with Crippen LogP contribution in [0.3, 0.4) is 0 Å². The van der Waals surface area contributed by atoms with Crippen LogP contribution in [0.15, 0.2) is 17.5 Å². The van der Waals surface area contributed by atoms with Crippen molar-refractivity contribution in [3.63, 3.8) is 0 Å². The molecule has 0 aliphatic rings. The molecule has 0 fully saturated rings. The molecule has 1 heterocycles. The summed E-state index contributed by atoms with van der Waals surface area (Å²) < 4.78 is 0. The summed E-state index contributed by atoms with van der Waals surface area (Å²) >= 11 is 1.45. The fraction of sp³-hybridized carbons (Fsp3) is 0.286. The first kappa shape index (κ1) is 11.9. The van der Waals surface area contributed by atoms with E-state index in [2.05, 4.69) is 0 Å². The molecule has 1 atom stereocenters. The molecule has 0 radical (unpaired) electrons. The molecule has 0 bridgehead atoms. The second kappa shape index (κ2) is 6.41. The van der Waals surface area contributed by atoms with Gasteiger partial charge in [-0.25, -0.2) is 4.79 Å². The molecular formula is C7H10O5S. The molecule has 1 aromatic heterocycles. The summed E-state index contributed by atoms with van der Waals surface area (Å²) in [7, 11) is 0. The van der Waals surface area contributed by atoms with Gasteiger partial charge in [-0.15, -0.1) is 11.3 Å². The maximum absolute atomic E-state index is 8.98. The molecule has 0 saturated heterocycles. The van der Waals surface area contributed by atoms with Crippen LogP contribution >= 0.6 is 11.3 Å². The molecule has 0 aliphatic heterocycles. The number of aliphatic hydroxyl groups excluding tert-OH is 2. The predicted molar refractivity (Wildman–Crippen MR) is 47.0 cm³/mol. The van der Waals surface area contributed by atoms with Gasteiger partial charge in [0, 0.05) is 4.88 Å². The normalized spacial score (nSPS) is 11.2. The quantitative estimate of drug-likeness (QED) is 0.578. The van der Waals surface area contributed by atoms with E-state index in [1.54, 1.807) is 6.07 Å². The first-order valence-corrected chi connectivity index (χ1v) is 4.20. The molecule has 4 N–H and O–H groups in total. The van der Waals surface area contributed by atoms with Gasteiger partial charge in [0.2, 0.25) is 0 Å². The van der Waals surface area contributed by atoms with Gasteiger partial charge in [0.1, 0.15) is 6.10 Å². The van der Waals surface area contributed by atoms with E-state index in [1.807, 2.05) is 11.4 Å². The van der Waals surface area contributed by atoms with Crippen molar-refractivity contribution in [2.75, 3.05) is 6.61 Å². The summed E-state index contributed by atoms with van der Waals surface area (Å²) in [6, 6.07) is 3.64. The highest BCUT2D eigenvalue weighted by molar-refractivity contribution is 7.10. The molecule has 0 saturated carbocycles. The van der Waals surface area contributed by atoms with E-state index in [4.69, 9.17) is 25.2 Å². The van der Waals surface area contributed by atoms with E-state index in [-0.39, 0.29) is 6.61 Å². The highest BCUT2D eigenvalue weighted by atomic mass is 32.1. The minimum atomic E-state index is -1.83. The van der Waals surface area contributed by atoms with Crippen molar-refractivity contribution in [1.82, 2.24) is 0 Å². The molecule has 74 valence electrons. The monoisotopic (exact) mass is 206 g/mol. The first-order chi connectivity index (χ1) is 6.07. The zero-order valence-corrected chi connectivity index (χ0v) is 7.44. The molecule has 1 rings (SSSR count). The zero-order chi connectivity index (χ0) is 10.3. The van der Waals surface area contributed by atoms with Crippen molar-refractivity contribution in [2.45, 2.75) is 6.10 Å². The predicted octanol–water partition coefficient (Wildman–Crippen LogP) is 0.996. The fourth-order valence-electron chi connectivity index (χ4n) is 0.571. The Morgan fingerprint density at radius 2 is 2.08 bits per heavy atom. The van der Waals surface area contributed by atoms with Crippen molar-refractivity contribution in [3.05, 3.63) is 22.4 Å². The average molecular weight is 206 g/mol. The van der Waals surface area contributed by atoms with Gasteiger partial charge < -0.3 is 20.4 Å². The van der Waals surface area contributed by atoms with Gasteiger partial charge in [-0.2, -0.15) is 0 Å². The van der Waals surface area contributed by atoms with Crippen molar-refractivity contribution < 1.29 is 25.2 Å². The van der Waals surface area contributed by atoms with Crippen LogP contribution in [-0.4, -0.2) is 33.2 Å². The third-order valence-corrected chi connectivity index (χ3v) is 2.02. The average Bonchev–Trinajstić information content (AvgIpc) is 2.54. The Bertz CT molecular complexity index is 229. The summed E-state index contributed by atoms with van der Waals surface area (Å²) in [6.07, 6.45) is -2.52. The Morgan fingerprint density at radius 1 is 1.54 bits per heavy atom. The lowest BCUT2D eigenvalue weighted by molar-refractivity contribution is 0.0984. The largest absolute Gasteiger partial charge is 0.503 e. The van der Waals surface area contributed by atoms with Gasteiger partial charge in [-0.3, -0.25) is 0 Å². The van der Waals surface area contributed by atoms with Gasteiger partial charge in [0.25, 0.3) is 0 Å². The van der Waals surface area contributed by atoms with E-state index in [9.17, 15) is 0 Å². The van der Waals surface area contributed by atoms with Crippen LogP contribution < -0.4 is 0 Å². The van der Waals surface area contributed by atoms with Crippen molar-refractivity contribution in [1.29, 1.82) is 0 Å². The van der Waals surface area contributed by atoms with E-state index in [0.29, 0.717) is 0 Å². The maximum Gasteiger partial charge on any atom is 0.503 e. The van der Waals surface area contributed by atoms with Crippen LogP contribution in [0.2, 0.25) is 0 Å². The second-order valence-corrected chi connectivity index (χ2v) is 2.98. The van der Waals surface area contributed by atoms with Gasteiger partial charge in [0.15, 0.2) is 0 Å². The number of aliphatic hydroxyl groups is 2. The zero-order valence-electron chi connectivity index (χ0n) is 6.62. The number of carboxylic acid groups (broad SMARTS) is 2.